The van der Waals surface area contributed by atoms with Gasteiger partial charge in [0.05, 0.1) is 18.4 Å². The lowest BCUT2D eigenvalue weighted by Crippen LogP contribution is -2.57. The van der Waals surface area contributed by atoms with E-state index in [0.29, 0.717) is 0 Å². The molecule has 7 heteroatoms. The maximum absolute atomic E-state index is 12.7. The summed E-state index contributed by atoms with van der Waals surface area (Å²) in [5.41, 5.74) is 1.89. The summed E-state index contributed by atoms with van der Waals surface area (Å²) in [5.74, 6) is 0.122. The van der Waals surface area contributed by atoms with Crippen LogP contribution in [0.2, 0.25) is 0 Å². The molecule has 4 heterocycles. The van der Waals surface area contributed by atoms with E-state index in [1.54, 1.807) is 0 Å². The number of hydrogen-bond acceptors (Lipinski definition) is 4. The van der Waals surface area contributed by atoms with Crippen LogP contribution < -0.4 is 0 Å². The summed E-state index contributed by atoms with van der Waals surface area (Å²) in [4.78, 5) is 17.2. The molecular weight excluding hydrogens is 342 g/mol. The minimum absolute atomic E-state index is 0.121. The van der Waals surface area contributed by atoms with Crippen molar-refractivity contribution in [3.63, 3.8) is 0 Å². The molecule has 0 atom stereocenters. The molecule has 2 aliphatic heterocycles. The zero-order valence-electron chi connectivity index (χ0n) is 16.3. The molecule has 2 aromatic heterocycles. The van der Waals surface area contributed by atoms with Crippen LogP contribution in [-0.2, 0) is 24.9 Å². The van der Waals surface area contributed by atoms with Crippen molar-refractivity contribution >= 4 is 5.91 Å². The maximum Gasteiger partial charge on any atom is 0.270 e. The number of amides is 1. The third-order valence-corrected chi connectivity index (χ3v) is 5.87. The molecule has 146 valence electrons. The number of piperidine rings is 1. The Morgan fingerprint density at radius 1 is 1.30 bits per heavy atom. The minimum Gasteiger partial charge on any atom is -0.372 e. The van der Waals surface area contributed by atoms with Gasteiger partial charge in [-0.25, -0.2) is 0 Å². The summed E-state index contributed by atoms with van der Waals surface area (Å²) in [7, 11) is 1.92. The minimum atomic E-state index is -0.121. The van der Waals surface area contributed by atoms with Gasteiger partial charge in [-0.15, -0.1) is 0 Å². The normalized spacial score (nSPS) is 20.3. The first-order chi connectivity index (χ1) is 13.1. The molecule has 0 aliphatic carbocycles. The van der Waals surface area contributed by atoms with E-state index in [4.69, 9.17) is 4.74 Å². The van der Waals surface area contributed by atoms with Crippen LogP contribution in [0.25, 0.3) is 0 Å². The Labute approximate surface area is 160 Å². The van der Waals surface area contributed by atoms with Gasteiger partial charge in [0.25, 0.3) is 5.91 Å². The van der Waals surface area contributed by atoms with Crippen LogP contribution in [0.1, 0.15) is 35.8 Å². The predicted octanol–water partition coefficient (Wildman–Crippen LogP) is 1.75. The summed E-state index contributed by atoms with van der Waals surface area (Å²) in [6.45, 7) is 8.06. The number of hydrogen-bond donors (Lipinski definition) is 0. The first-order valence-electron chi connectivity index (χ1n) is 9.87. The molecule has 2 saturated heterocycles. The Balaban J connectivity index is 1.35. The van der Waals surface area contributed by atoms with Crippen molar-refractivity contribution < 1.29 is 9.53 Å². The second kappa shape index (κ2) is 7.48. The lowest BCUT2D eigenvalue weighted by atomic mass is 9.89. The summed E-state index contributed by atoms with van der Waals surface area (Å²) in [6.07, 6.45) is 7.80. The summed E-state index contributed by atoms with van der Waals surface area (Å²) in [6, 6.07) is 3.81. The first kappa shape index (κ1) is 18.3. The van der Waals surface area contributed by atoms with Crippen molar-refractivity contribution in [3.8, 4) is 0 Å². The van der Waals surface area contributed by atoms with Gasteiger partial charge in [-0.1, -0.05) is 0 Å². The third-order valence-electron chi connectivity index (χ3n) is 5.87. The van der Waals surface area contributed by atoms with Crippen molar-refractivity contribution in [2.45, 2.75) is 38.5 Å². The SMILES string of the molecule is CCn1cc(CN2CCOC3(CCN(C(=O)c4cccn4C)CC3)C2)cn1. The van der Waals surface area contributed by atoms with Gasteiger partial charge in [0.1, 0.15) is 5.69 Å². The molecule has 27 heavy (non-hydrogen) atoms. The Kier molecular flexibility index (Phi) is 5.06. The Morgan fingerprint density at radius 2 is 2.11 bits per heavy atom. The highest BCUT2D eigenvalue weighted by Gasteiger charge is 2.40. The molecule has 4 rings (SSSR count). The fourth-order valence-electron chi connectivity index (χ4n) is 4.24. The maximum atomic E-state index is 12.7. The van der Waals surface area contributed by atoms with Crippen LogP contribution in [-0.4, -0.2) is 68.4 Å². The van der Waals surface area contributed by atoms with Crippen molar-refractivity contribution in [2.75, 3.05) is 32.8 Å². The van der Waals surface area contributed by atoms with Gasteiger partial charge in [-0.05, 0) is 31.9 Å². The average molecular weight is 371 g/mol. The molecule has 0 saturated carbocycles. The van der Waals surface area contributed by atoms with Crippen LogP contribution >= 0.6 is 0 Å². The first-order valence-corrected chi connectivity index (χ1v) is 9.87. The summed E-state index contributed by atoms with van der Waals surface area (Å²) >= 11 is 0. The standard InChI is InChI=1S/C20H29N5O2/c1-3-25-15-17(13-21-25)14-23-11-12-27-20(16-23)6-9-24(10-7-20)19(26)18-5-4-8-22(18)2/h4-5,8,13,15H,3,6-7,9-12,14,16H2,1-2H3. The number of likely N-dealkylation sites (tertiary alicyclic amines) is 1. The van der Waals surface area contributed by atoms with E-state index in [1.807, 2.05) is 45.7 Å². The van der Waals surface area contributed by atoms with Gasteiger partial charge in [0.15, 0.2) is 0 Å². The lowest BCUT2D eigenvalue weighted by Gasteiger charge is -2.47. The largest absolute Gasteiger partial charge is 0.372 e. The number of nitrogens with zero attached hydrogens (tertiary/aromatic N) is 5. The van der Waals surface area contributed by atoms with Crippen LogP contribution in [0.5, 0.6) is 0 Å². The van der Waals surface area contributed by atoms with Gasteiger partial charge >= 0.3 is 0 Å². The van der Waals surface area contributed by atoms with Gasteiger partial charge in [0.2, 0.25) is 0 Å². The Hall–Kier alpha value is -2.12. The Bertz CT molecular complexity index is 788. The molecule has 0 N–H and O–H groups in total. The van der Waals surface area contributed by atoms with Crippen molar-refractivity contribution in [1.82, 2.24) is 24.1 Å². The van der Waals surface area contributed by atoms with E-state index in [9.17, 15) is 4.79 Å². The number of aryl methyl sites for hydroxylation is 2. The summed E-state index contributed by atoms with van der Waals surface area (Å²) < 4.78 is 10.1. The number of morpholine rings is 1. The van der Waals surface area contributed by atoms with Crippen LogP contribution in [0.3, 0.4) is 0 Å². The van der Waals surface area contributed by atoms with E-state index < -0.39 is 0 Å². The molecule has 1 amide bonds. The zero-order chi connectivity index (χ0) is 18.9. The highest BCUT2D eigenvalue weighted by molar-refractivity contribution is 5.92. The average Bonchev–Trinajstić information content (AvgIpc) is 3.30. The fraction of sp³-hybridized carbons (Fsp3) is 0.600. The number of ether oxygens (including phenoxy) is 1. The third kappa shape index (κ3) is 3.80. The van der Waals surface area contributed by atoms with E-state index in [-0.39, 0.29) is 11.5 Å². The highest BCUT2D eigenvalue weighted by Crippen LogP contribution is 2.31. The quantitative estimate of drug-likeness (QED) is 0.822. The van der Waals surface area contributed by atoms with E-state index in [2.05, 4.69) is 23.1 Å². The molecule has 1 spiro atoms. The molecule has 0 unspecified atom stereocenters. The molecule has 0 bridgehead atoms. The van der Waals surface area contributed by atoms with Crippen molar-refractivity contribution in [3.05, 3.63) is 42.0 Å². The predicted molar refractivity (Wildman–Crippen MR) is 102 cm³/mol. The molecule has 2 fully saturated rings. The number of carbonyl (C=O) groups excluding carboxylic acids is 1. The highest BCUT2D eigenvalue weighted by atomic mass is 16.5. The van der Waals surface area contributed by atoms with E-state index in [1.165, 1.54) is 5.56 Å². The van der Waals surface area contributed by atoms with Crippen LogP contribution in [0.4, 0.5) is 0 Å². The zero-order valence-corrected chi connectivity index (χ0v) is 16.3. The molecule has 0 radical (unpaired) electrons. The fourth-order valence-corrected chi connectivity index (χ4v) is 4.24. The molecule has 2 aliphatic rings. The second-order valence-electron chi connectivity index (χ2n) is 7.74. The number of aromatic nitrogens is 3. The summed E-state index contributed by atoms with van der Waals surface area (Å²) in [5, 5.41) is 4.38. The molecule has 7 nitrogen and oxygen atoms in total. The lowest BCUT2D eigenvalue weighted by molar-refractivity contribution is -0.134. The van der Waals surface area contributed by atoms with Gasteiger partial charge < -0.3 is 14.2 Å². The van der Waals surface area contributed by atoms with Crippen LogP contribution in [0, 0.1) is 0 Å². The number of rotatable bonds is 4. The van der Waals surface area contributed by atoms with Crippen molar-refractivity contribution in [2.24, 2.45) is 7.05 Å². The van der Waals surface area contributed by atoms with Gasteiger partial charge in [0, 0.05) is 64.3 Å². The molecule has 0 aromatic carbocycles. The van der Waals surface area contributed by atoms with E-state index >= 15 is 0 Å². The second-order valence-corrected chi connectivity index (χ2v) is 7.74. The van der Waals surface area contributed by atoms with Gasteiger partial charge in [-0.3, -0.25) is 14.4 Å². The number of carbonyl (C=O) groups is 1. The van der Waals surface area contributed by atoms with Crippen molar-refractivity contribution in [1.29, 1.82) is 0 Å². The van der Waals surface area contributed by atoms with Crippen LogP contribution in [0.15, 0.2) is 30.7 Å². The van der Waals surface area contributed by atoms with Gasteiger partial charge in [-0.2, -0.15) is 5.10 Å². The molecular formula is C20H29N5O2. The Morgan fingerprint density at radius 3 is 2.78 bits per heavy atom. The smallest absolute Gasteiger partial charge is 0.270 e. The molecule has 2 aromatic rings. The monoisotopic (exact) mass is 371 g/mol. The van der Waals surface area contributed by atoms with E-state index in [0.717, 1.165) is 64.4 Å². The topological polar surface area (TPSA) is 55.5 Å².